The lowest BCUT2D eigenvalue weighted by atomic mass is 9.70. The largest absolute Gasteiger partial charge is 0.311 e. The summed E-state index contributed by atoms with van der Waals surface area (Å²) in [4.78, 5) is 4.84. The van der Waals surface area contributed by atoms with Gasteiger partial charge in [0.15, 0.2) is 0 Å². The summed E-state index contributed by atoms with van der Waals surface area (Å²) in [5.41, 5.74) is 35.6. The van der Waals surface area contributed by atoms with Crippen molar-refractivity contribution in [3.8, 4) is 83.6 Å². The first-order chi connectivity index (χ1) is 50.9. The fourth-order valence-electron chi connectivity index (χ4n) is 17.1. The van der Waals surface area contributed by atoms with Crippen LogP contribution in [0.4, 0.5) is 34.1 Å². The van der Waals surface area contributed by atoms with Crippen LogP contribution < -0.4 is 9.80 Å². The molecule has 0 aliphatic heterocycles. The van der Waals surface area contributed by atoms with Crippen LogP contribution in [-0.4, -0.2) is 4.57 Å². The second-order valence-electron chi connectivity index (χ2n) is 27.9. The van der Waals surface area contributed by atoms with Crippen LogP contribution in [0.25, 0.3) is 105 Å². The summed E-state index contributed by atoms with van der Waals surface area (Å²) in [6, 6.07) is 144. The van der Waals surface area contributed by atoms with Crippen molar-refractivity contribution in [2.45, 2.75) is 24.7 Å². The Morgan fingerprint density at radius 3 is 1.09 bits per heavy atom. The molecule has 0 atom stereocenters. The normalized spacial score (nSPS) is 12.9. The minimum absolute atomic E-state index is 0.118. The Kier molecular flexibility index (Phi) is 14.8. The molecule has 0 fully saturated rings. The number of rotatable bonds is 11. The van der Waals surface area contributed by atoms with E-state index in [9.17, 15) is 0 Å². The maximum atomic E-state index is 2.51. The van der Waals surface area contributed by atoms with Gasteiger partial charge in [-0.05, 0) is 203 Å². The second-order valence-corrected chi connectivity index (χ2v) is 27.9. The van der Waals surface area contributed by atoms with Crippen LogP contribution in [0.5, 0.6) is 0 Å². The zero-order valence-corrected chi connectivity index (χ0v) is 57.4. The quantitative estimate of drug-likeness (QED) is 0.128. The van der Waals surface area contributed by atoms with Gasteiger partial charge in [0, 0.05) is 55.9 Å². The van der Waals surface area contributed by atoms with Gasteiger partial charge in [-0.25, -0.2) is 0 Å². The third-order valence-corrected chi connectivity index (χ3v) is 21.9. The van der Waals surface area contributed by atoms with Gasteiger partial charge in [-0.2, -0.15) is 0 Å². The molecule has 486 valence electrons. The molecule has 3 nitrogen and oxygen atoms in total. The smallest absolute Gasteiger partial charge is 0.0726 e. The minimum atomic E-state index is -0.415. The van der Waals surface area contributed by atoms with E-state index in [1.54, 1.807) is 0 Å². The molecule has 1 spiro atoms. The van der Waals surface area contributed by atoms with Gasteiger partial charge < -0.3 is 14.4 Å². The summed E-state index contributed by atoms with van der Waals surface area (Å²) >= 11 is 0. The van der Waals surface area contributed by atoms with Crippen molar-refractivity contribution in [2.24, 2.45) is 0 Å². The third kappa shape index (κ3) is 10.1. The Balaban J connectivity index is 0.000000142. The first-order valence-electron chi connectivity index (χ1n) is 35.8. The molecule has 16 aromatic carbocycles. The highest BCUT2D eigenvalue weighted by atomic mass is 15.1. The number of para-hydroxylation sites is 3. The molecule has 0 radical (unpaired) electrons. The molecule has 0 saturated heterocycles. The molecule has 0 unspecified atom stereocenters. The highest BCUT2D eigenvalue weighted by Crippen LogP contribution is 2.64. The van der Waals surface area contributed by atoms with Crippen molar-refractivity contribution in [1.82, 2.24) is 4.57 Å². The van der Waals surface area contributed by atoms with E-state index in [0.29, 0.717) is 0 Å². The Bertz CT molecular complexity index is 5910. The summed E-state index contributed by atoms with van der Waals surface area (Å²) in [6.07, 6.45) is 0. The molecule has 0 bridgehead atoms. The molecule has 17 aromatic rings. The molecule has 3 heteroatoms. The van der Waals surface area contributed by atoms with Gasteiger partial charge in [-0.3, -0.25) is 0 Å². The number of nitrogens with zero attached hydrogens (tertiary/aromatic N) is 3. The first kappa shape index (κ1) is 61.0. The standard InChI is InChI=1S/C52H37N.C48H34N2/c1-51(2)44-23-11-6-19-38(44)42-30-28-35(32-48(42)51)53(50-27-15-10-18-37(50)34-16-4-3-5-17-34)36-29-31-43-41-22-9-14-26-47(41)52(49(43)33-36)45-24-12-7-20-39(45)40-21-8-13-25-46(40)52;1-4-12-35(13-5-1)37-20-27-42(28-21-37)49(43-29-22-38(23-30-43)36-14-6-2-7-15-36)44-31-24-39(25-32-44)40-26-33-48-46(34-40)45-18-10-11-19-47(45)50(48)41-16-8-3-9-17-41/h3-33H,1-2H3;1-34H. The van der Waals surface area contributed by atoms with Gasteiger partial charge >= 0.3 is 0 Å². The van der Waals surface area contributed by atoms with Crippen LogP contribution in [-0.2, 0) is 10.8 Å². The number of anilines is 6. The second kappa shape index (κ2) is 25.0. The fourth-order valence-corrected chi connectivity index (χ4v) is 17.1. The van der Waals surface area contributed by atoms with E-state index in [4.69, 9.17) is 0 Å². The Labute approximate surface area is 602 Å². The summed E-state index contributed by atoms with van der Waals surface area (Å²) in [6.45, 7) is 4.74. The van der Waals surface area contributed by atoms with Crippen molar-refractivity contribution < 1.29 is 0 Å². The van der Waals surface area contributed by atoms with Gasteiger partial charge in [0.25, 0.3) is 0 Å². The van der Waals surface area contributed by atoms with E-state index < -0.39 is 5.41 Å². The molecule has 3 aliphatic carbocycles. The highest BCUT2D eigenvalue weighted by molar-refractivity contribution is 6.10. The molecular weight excluding hydrogens is 1240 g/mol. The SMILES string of the molecule is CC1(C)c2ccccc2-c2ccc(N(c3ccc4c(c3)C3(c5ccccc5-c5ccccc53)c3ccccc3-4)c3ccccc3-c3ccccc3)cc21.c1ccc(-c2ccc(N(c3ccc(-c4ccccc4)cc3)c3ccc(-c4ccc5c(c4)c4ccccc4n5-c4ccccc4)cc3)cc2)cc1. The fraction of sp³-hybridized carbons (Fsp3) is 0.0400. The van der Waals surface area contributed by atoms with Crippen molar-refractivity contribution >= 4 is 55.9 Å². The number of aromatic nitrogens is 1. The average Bonchev–Trinajstić information content (AvgIpc) is 1.51. The Hall–Kier alpha value is -13.1. The van der Waals surface area contributed by atoms with Gasteiger partial charge in [-0.15, -0.1) is 0 Å². The number of fused-ring (bicyclic) bond motifs is 16. The van der Waals surface area contributed by atoms with Crippen LogP contribution in [0.15, 0.2) is 394 Å². The predicted molar refractivity (Wildman–Crippen MR) is 432 cm³/mol. The van der Waals surface area contributed by atoms with E-state index in [1.165, 1.54) is 139 Å². The van der Waals surface area contributed by atoms with E-state index >= 15 is 0 Å². The van der Waals surface area contributed by atoms with Crippen molar-refractivity contribution in [3.05, 3.63) is 428 Å². The highest BCUT2D eigenvalue weighted by Gasteiger charge is 2.52. The van der Waals surface area contributed by atoms with Gasteiger partial charge in [-0.1, -0.05) is 311 Å². The molecular formula is C100H71N3. The molecule has 0 N–H and O–H groups in total. The summed E-state index contributed by atoms with van der Waals surface area (Å²) in [7, 11) is 0. The minimum Gasteiger partial charge on any atom is -0.311 e. The van der Waals surface area contributed by atoms with Crippen LogP contribution in [0.3, 0.4) is 0 Å². The van der Waals surface area contributed by atoms with Crippen LogP contribution >= 0.6 is 0 Å². The lowest BCUT2D eigenvalue weighted by Crippen LogP contribution is -2.26. The topological polar surface area (TPSA) is 11.4 Å². The molecule has 0 saturated carbocycles. The molecule has 103 heavy (non-hydrogen) atoms. The molecule has 1 aromatic heterocycles. The van der Waals surface area contributed by atoms with Crippen molar-refractivity contribution in [2.75, 3.05) is 9.80 Å². The number of hydrogen-bond acceptors (Lipinski definition) is 2. The van der Waals surface area contributed by atoms with Crippen molar-refractivity contribution in [3.63, 3.8) is 0 Å². The monoisotopic (exact) mass is 1310 g/mol. The lowest BCUT2D eigenvalue weighted by molar-refractivity contribution is 0.660. The van der Waals surface area contributed by atoms with Gasteiger partial charge in [0.2, 0.25) is 0 Å². The number of benzene rings is 16. The lowest BCUT2D eigenvalue weighted by Gasteiger charge is -2.33. The van der Waals surface area contributed by atoms with E-state index in [0.717, 1.165) is 34.1 Å². The Morgan fingerprint density at radius 1 is 0.214 bits per heavy atom. The molecule has 0 amide bonds. The summed E-state index contributed by atoms with van der Waals surface area (Å²) in [5.74, 6) is 0. The zero-order chi connectivity index (χ0) is 68.6. The van der Waals surface area contributed by atoms with E-state index in [2.05, 4.69) is 423 Å². The Morgan fingerprint density at radius 2 is 0.563 bits per heavy atom. The van der Waals surface area contributed by atoms with Crippen molar-refractivity contribution in [1.29, 1.82) is 0 Å². The first-order valence-corrected chi connectivity index (χ1v) is 35.8. The molecule has 1 heterocycles. The van der Waals surface area contributed by atoms with Gasteiger partial charge in [0.05, 0.1) is 22.1 Å². The predicted octanol–water partition coefficient (Wildman–Crippen LogP) is 26.7. The summed E-state index contributed by atoms with van der Waals surface area (Å²) < 4.78 is 2.36. The molecule has 20 rings (SSSR count). The average molecular weight is 1310 g/mol. The third-order valence-electron chi connectivity index (χ3n) is 21.9. The van der Waals surface area contributed by atoms with Crippen LogP contribution in [0, 0.1) is 0 Å². The molecule has 3 aliphatic rings. The zero-order valence-electron chi connectivity index (χ0n) is 57.4. The maximum Gasteiger partial charge on any atom is 0.0726 e. The van der Waals surface area contributed by atoms with Crippen LogP contribution in [0.1, 0.15) is 47.2 Å². The maximum absolute atomic E-state index is 2.51. The summed E-state index contributed by atoms with van der Waals surface area (Å²) in [5, 5.41) is 2.51. The van der Waals surface area contributed by atoms with Crippen LogP contribution in [0.2, 0.25) is 0 Å². The number of hydrogen-bond donors (Lipinski definition) is 0. The van der Waals surface area contributed by atoms with Gasteiger partial charge in [0.1, 0.15) is 0 Å². The van der Waals surface area contributed by atoms with E-state index in [-0.39, 0.29) is 5.41 Å². The van der Waals surface area contributed by atoms with E-state index in [1.807, 2.05) is 0 Å².